The van der Waals surface area contributed by atoms with Crippen molar-refractivity contribution in [3.05, 3.63) is 75.4 Å². The lowest BCUT2D eigenvalue weighted by Gasteiger charge is -2.25. The Morgan fingerprint density at radius 1 is 1.00 bits per heavy atom. The number of nitrogens with one attached hydrogen (secondary N) is 1. The molecule has 0 radical (unpaired) electrons. The van der Waals surface area contributed by atoms with Crippen LogP contribution < -0.4 is 10.1 Å². The largest absolute Gasteiger partial charge is 0.490 e. The SMILES string of the molecule is CC(=CCc1c(OC(C)C)c(C)c2c(c1C(C)OC(=O)CCC(=O)NCc1ccccc1)C(=O)OC2)CCC(=O)OC(C)(C)C. The summed E-state index contributed by atoms with van der Waals surface area (Å²) in [6.07, 6.45) is 2.01. The lowest BCUT2D eigenvalue weighted by atomic mass is 9.87. The monoisotopic (exact) mass is 621 g/mol. The van der Waals surface area contributed by atoms with Crippen LogP contribution in [0.15, 0.2) is 42.0 Å². The zero-order chi connectivity index (χ0) is 33.3. The van der Waals surface area contributed by atoms with Gasteiger partial charge in [-0.1, -0.05) is 42.0 Å². The van der Waals surface area contributed by atoms with Gasteiger partial charge in [0.2, 0.25) is 5.91 Å². The number of benzene rings is 2. The second-order valence-corrected chi connectivity index (χ2v) is 12.7. The number of carbonyl (C=O) groups excluding carboxylic acids is 4. The van der Waals surface area contributed by atoms with E-state index < -0.39 is 23.6 Å². The van der Waals surface area contributed by atoms with E-state index in [0.717, 1.165) is 22.3 Å². The highest BCUT2D eigenvalue weighted by atomic mass is 16.6. The standard InChI is InChI=1S/C36H47NO8/c1-22(2)43-34-24(4)28-21-42-35(41)33(28)32(27(34)16-14-23(3)15-18-31(40)45-36(6,7)8)25(5)44-30(39)19-17-29(38)37-20-26-12-10-9-11-13-26/h9-14,22,25H,15-21H2,1-8H3,(H,37,38). The highest BCUT2D eigenvalue weighted by Crippen LogP contribution is 2.42. The first-order valence-corrected chi connectivity index (χ1v) is 15.6. The summed E-state index contributed by atoms with van der Waals surface area (Å²) in [5.41, 5.74) is 4.53. The van der Waals surface area contributed by atoms with Crippen LogP contribution in [0.3, 0.4) is 0 Å². The summed E-state index contributed by atoms with van der Waals surface area (Å²) >= 11 is 0. The predicted octanol–water partition coefficient (Wildman–Crippen LogP) is 6.76. The van der Waals surface area contributed by atoms with Crippen LogP contribution >= 0.6 is 0 Å². The van der Waals surface area contributed by atoms with Crippen molar-refractivity contribution in [2.45, 2.75) is 118 Å². The first-order chi connectivity index (χ1) is 21.2. The van der Waals surface area contributed by atoms with Crippen molar-refractivity contribution in [1.82, 2.24) is 5.32 Å². The molecule has 9 nitrogen and oxygen atoms in total. The van der Waals surface area contributed by atoms with E-state index in [9.17, 15) is 19.2 Å². The molecule has 1 aliphatic rings. The predicted molar refractivity (Wildman–Crippen MR) is 171 cm³/mol. The molecule has 9 heteroatoms. The number of cyclic esters (lactones) is 1. The maximum Gasteiger partial charge on any atom is 0.339 e. The maximum absolute atomic E-state index is 13.0. The minimum absolute atomic E-state index is 0.0272. The lowest BCUT2D eigenvalue weighted by Crippen LogP contribution is -2.24. The molecule has 0 fully saturated rings. The Morgan fingerprint density at radius 2 is 1.67 bits per heavy atom. The normalized spacial score (nSPS) is 13.6. The van der Waals surface area contributed by atoms with Gasteiger partial charge in [0.1, 0.15) is 24.1 Å². The fraction of sp³-hybridized carbons (Fsp3) is 0.500. The summed E-state index contributed by atoms with van der Waals surface area (Å²) in [7, 11) is 0. The van der Waals surface area contributed by atoms with E-state index in [1.165, 1.54) is 0 Å². The van der Waals surface area contributed by atoms with Gasteiger partial charge in [0.15, 0.2) is 0 Å². The zero-order valence-electron chi connectivity index (χ0n) is 27.8. The molecule has 0 saturated heterocycles. The first-order valence-electron chi connectivity index (χ1n) is 15.6. The van der Waals surface area contributed by atoms with E-state index in [1.54, 1.807) is 6.92 Å². The molecular weight excluding hydrogens is 574 g/mol. The number of hydrogen-bond donors (Lipinski definition) is 1. The number of rotatable bonds is 14. The van der Waals surface area contributed by atoms with Crippen LogP contribution in [0.1, 0.15) is 118 Å². The summed E-state index contributed by atoms with van der Waals surface area (Å²) in [5.74, 6) is -0.946. The first kappa shape index (κ1) is 35.3. The van der Waals surface area contributed by atoms with Crippen LogP contribution in [0.25, 0.3) is 0 Å². The summed E-state index contributed by atoms with van der Waals surface area (Å²) in [6.45, 7) is 15.4. The molecule has 0 aliphatic carbocycles. The average molecular weight is 622 g/mol. The summed E-state index contributed by atoms with van der Waals surface area (Å²) in [6, 6.07) is 9.51. The number of allylic oxidation sites excluding steroid dienone is 2. The number of ether oxygens (including phenoxy) is 4. The van der Waals surface area contributed by atoms with Gasteiger partial charge in [-0.3, -0.25) is 14.4 Å². The second-order valence-electron chi connectivity index (χ2n) is 12.7. The molecule has 1 heterocycles. The van der Waals surface area contributed by atoms with Crippen molar-refractivity contribution in [1.29, 1.82) is 0 Å². The van der Waals surface area contributed by atoms with Gasteiger partial charge < -0.3 is 24.3 Å². The van der Waals surface area contributed by atoms with Crippen molar-refractivity contribution in [2.75, 3.05) is 0 Å². The average Bonchev–Trinajstić information content (AvgIpc) is 3.34. The van der Waals surface area contributed by atoms with E-state index in [0.29, 0.717) is 41.8 Å². The molecule has 1 unspecified atom stereocenters. The molecule has 1 aliphatic heterocycles. The number of carbonyl (C=O) groups is 4. The highest BCUT2D eigenvalue weighted by molar-refractivity contribution is 5.97. The zero-order valence-corrected chi connectivity index (χ0v) is 27.8. The number of hydrogen-bond acceptors (Lipinski definition) is 8. The van der Waals surface area contributed by atoms with Crippen molar-refractivity contribution in [2.24, 2.45) is 0 Å². The molecular formula is C36H47NO8. The van der Waals surface area contributed by atoms with Gasteiger partial charge in [-0.05, 0) is 79.4 Å². The molecule has 0 saturated carbocycles. The van der Waals surface area contributed by atoms with Crippen molar-refractivity contribution >= 4 is 23.8 Å². The van der Waals surface area contributed by atoms with Gasteiger partial charge in [-0.15, -0.1) is 0 Å². The third-order valence-corrected chi connectivity index (χ3v) is 7.27. The Kier molecular flexibility index (Phi) is 12.4. The number of fused-ring (bicyclic) bond motifs is 1. The van der Waals surface area contributed by atoms with Crippen molar-refractivity contribution in [3.63, 3.8) is 0 Å². The van der Waals surface area contributed by atoms with E-state index in [1.807, 2.05) is 84.9 Å². The Balaban J connectivity index is 1.82. The topological polar surface area (TPSA) is 117 Å². The third-order valence-electron chi connectivity index (χ3n) is 7.27. The Hall–Kier alpha value is -4.14. The van der Waals surface area contributed by atoms with Gasteiger partial charge in [0.05, 0.1) is 18.1 Å². The van der Waals surface area contributed by atoms with Crippen LogP contribution in [0.4, 0.5) is 0 Å². The van der Waals surface area contributed by atoms with Crippen LogP contribution in [-0.4, -0.2) is 35.5 Å². The van der Waals surface area contributed by atoms with Gasteiger partial charge in [0.25, 0.3) is 0 Å². The van der Waals surface area contributed by atoms with Crippen molar-refractivity contribution in [3.8, 4) is 5.75 Å². The molecule has 45 heavy (non-hydrogen) atoms. The molecule has 1 amide bonds. The van der Waals surface area contributed by atoms with E-state index in [-0.39, 0.29) is 43.8 Å². The van der Waals surface area contributed by atoms with Crippen LogP contribution in [-0.2, 0) is 48.2 Å². The fourth-order valence-electron chi connectivity index (χ4n) is 5.14. The molecule has 244 valence electrons. The Morgan fingerprint density at radius 3 is 2.31 bits per heavy atom. The molecule has 2 aromatic carbocycles. The third kappa shape index (κ3) is 10.5. The maximum atomic E-state index is 13.0. The van der Waals surface area contributed by atoms with Gasteiger partial charge >= 0.3 is 17.9 Å². The Bertz CT molecular complexity index is 1420. The molecule has 1 atom stereocenters. The quantitative estimate of drug-likeness (QED) is 0.140. The summed E-state index contributed by atoms with van der Waals surface area (Å²) in [5, 5.41) is 2.82. The molecule has 0 bridgehead atoms. The molecule has 2 aromatic rings. The van der Waals surface area contributed by atoms with E-state index >= 15 is 0 Å². The highest BCUT2D eigenvalue weighted by Gasteiger charge is 2.35. The fourth-order valence-corrected chi connectivity index (χ4v) is 5.14. The van der Waals surface area contributed by atoms with E-state index in [4.69, 9.17) is 18.9 Å². The number of amides is 1. The lowest BCUT2D eigenvalue weighted by molar-refractivity contribution is -0.154. The number of esters is 3. The summed E-state index contributed by atoms with van der Waals surface area (Å²) in [4.78, 5) is 50.6. The molecule has 0 aromatic heterocycles. The minimum Gasteiger partial charge on any atom is -0.490 e. The minimum atomic E-state index is -0.815. The Labute approximate surface area is 266 Å². The van der Waals surface area contributed by atoms with Crippen molar-refractivity contribution < 1.29 is 38.1 Å². The van der Waals surface area contributed by atoms with Gasteiger partial charge in [0, 0.05) is 36.1 Å². The molecule has 3 rings (SSSR count). The van der Waals surface area contributed by atoms with Crippen LogP contribution in [0.2, 0.25) is 0 Å². The molecule has 1 N–H and O–H groups in total. The second kappa shape index (κ2) is 15.7. The summed E-state index contributed by atoms with van der Waals surface area (Å²) < 4.78 is 23.0. The van der Waals surface area contributed by atoms with Crippen LogP contribution in [0, 0.1) is 6.92 Å². The molecule has 0 spiro atoms. The van der Waals surface area contributed by atoms with Crippen LogP contribution in [0.5, 0.6) is 5.75 Å². The van der Waals surface area contributed by atoms with Gasteiger partial charge in [-0.2, -0.15) is 0 Å². The van der Waals surface area contributed by atoms with Gasteiger partial charge in [-0.25, -0.2) is 4.79 Å². The van der Waals surface area contributed by atoms with E-state index in [2.05, 4.69) is 5.32 Å². The smallest absolute Gasteiger partial charge is 0.339 e.